The van der Waals surface area contributed by atoms with Gasteiger partial charge in [-0.3, -0.25) is 0 Å². The highest BCUT2D eigenvalue weighted by Gasteiger charge is 2.20. The van der Waals surface area contributed by atoms with E-state index < -0.39 is 0 Å². The molecule has 4 aromatic rings. The standard InChI is InChI=1S/C26H28N6/c1-3-21(27-13-1)24-16-29-25(32-24)20-11-7-18(8-12-20)17-5-9-19(10-6-17)23-15-30-26(31-23)22-4-2-14-28-22/h5-12,15-16,21-22,27-28H,1-4,13-14H2,(H,29,32)(H,30,31). The van der Waals surface area contributed by atoms with Gasteiger partial charge >= 0.3 is 0 Å². The first-order valence-corrected chi connectivity index (χ1v) is 11.6. The molecule has 0 radical (unpaired) electrons. The minimum atomic E-state index is 0.362. The van der Waals surface area contributed by atoms with E-state index in [1.165, 1.54) is 36.1 Å². The van der Waals surface area contributed by atoms with Gasteiger partial charge in [-0.05, 0) is 55.5 Å². The third-order valence-electron chi connectivity index (χ3n) is 6.70. The Balaban J connectivity index is 1.17. The van der Waals surface area contributed by atoms with Crippen LogP contribution in [0.5, 0.6) is 0 Å². The third kappa shape index (κ3) is 3.76. The second kappa shape index (κ2) is 8.37. The molecule has 32 heavy (non-hydrogen) atoms. The van der Waals surface area contributed by atoms with Crippen LogP contribution in [0.3, 0.4) is 0 Å². The summed E-state index contributed by atoms with van der Waals surface area (Å²) < 4.78 is 0. The fourth-order valence-electron chi connectivity index (χ4n) is 4.85. The molecule has 2 aliphatic heterocycles. The second-order valence-corrected chi connectivity index (χ2v) is 8.82. The second-order valence-electron chi connectivity index (χ2n) is 8.82. The molecule has 0 saturated carbocycles. The summed E-state index contributed by atoms with van der Waals surface area (Å²) in [7, 11) is 0. The Labute approximate surface area is 187 Å². The number of aromatic amines is 2. The van der Waals surface area contributed by atoms with Crippen LogP contribution in [0.15, 0.2) is 60.9 Å². The van der Waals surface area contributed by atoms with E-state index in [-0.39, 0.29) is 0 Å². The predicted molar refractivity (Wildman–Crippen MR) is 127 cm³/mol. The van der Waals surface area contributed by atoms with Gasteiger partial charge in [0.1, 0.15) is 11.6 Å². The number of hydrogen-bond acceptors (Lipinski definition) is 4. The van der Waals surface area contributed by atoms with Gasteiger partial charge in [-0.1, -0.05) is 48.5 Å². The Morgan fingerprint density at radius 1 is 0.625 bits per heavy atom. The van der Waals surface area contributed by atoms with Crippen molar-refractivity contribution in [1.29, 1.82) is 0 Å². The molecule has 0 bridgehead atoms. The number of aromatic nitrogens is 4. The van der Waals surface area contributed by atoms with Crippen LogP contribution in [-0.2, 0) is 0 Å². The fraction of sp³-hybridized carbons (Fsp3) is 0.308. The van der Waals surface area contributed by atoms with Gasteiger partial charge in [0.05, 0.1) is 29.8 Å². The lowest BCUT2D eigenvalue weighted by Gasteiger charge is -2.07. The van der Waals surface area contributed by atoms with Crippen molar-refractivity contribution in [3.8, 4) is 33.8 Å². The van der Waals surface area contributed by atoms with Crippen molar-refractivity contribution in [2.75, 3.05) is 13.1 Å². The highest BCUT2D eigenvalue weighted by molar-refractivity contribution is 5.71. The zero-order valence-corrected chi connectivity index (χ0v) is 18.1. The number of H-pyrrole nitrogens is 2. The maximum Gasteiger partial charge on any atom is 0.137 e. The van der Waals surface area contributed by atoms with Gasteiger partial charge in [-0.25, -0.2) is 9.97 Å². The molecule has 2 aliphatic rings. The van der Waals surface area contributed by atoms with Gasteiger partial charge < -0.3 is 20.6 Å². The number of imidazole rings is 2. The Kier molecular flexibility index (Phi) is 5.09. The van der Waals surface area contributed by atoms with E-state index in [9.17, 15) is 0 Å². The molecule has 4 heterocycles. The Morgan fingerprint density at radius 2 is 1.25 bits per heavy atom. The smallest absolute Gasteiger partial charge is 0.137 e. The zero-order valence-electron chi connectivity index (χ0n) is 18.1. The molecular weight excluding hydrogens is 396 g/mol. The van der Waals surface area contributed by atoms with E-state index in [0.717, 1.165) is 48.0 Å². The quantitative estimate of drug-likeness (QED) is 0.364. The summed E-state index contributed by atoms with van der Waals surface area (Å²) in [5, 5.41) is 7.02. The maximum absolute atomic E-state index is 4.60. The lowest BCUT2D eigenvalue weighted by Crippen LogP contribution is -2.14. The first-order chi connectivity index (χ1) is 15.8. The summed E-state index contributed by atoms with van der Waals surface area (Å²) >= 11 is 0. The molecule has 162 valence electrons. The molecule has 2 atom stereocenters. The summed E-state index contributed by atoms with van der Waals surface area (Å²) in [4.78, 5) is 16.2. The van der Waals surface area contributed by atoms with Gasteiger partial charge in [-0.15, -0.1) is 0 Å². The van der Waals surface area contributed by atoms with E-state index in [0.29, 0.717) is 12.1 Å². The van der Waals surface area contributed by atoms with Crippen molar-refractivity contribution in [2.45, 2.75) is 37.8 Å². The Bertz CT molecular complexity index is 1080. The largest absolute Gasteiger partial charge is 0.341 e. The maximum atomic E-state index is 4.60. The fourth-order valence-corrected chi connectivity index (χ4v) is 4.85. The normalized spacial score (nSPS) is 20.8. The van der Waals surface area contributed by atoms with E-state index in [1.807, 2.05) is 12.4 Å². The SMILES string of the molecule is c1cc(-c2cnc(C3CCCN3)[nH]2)ccc1-c1ccc(-c2ncc(C3CCCN3)[nH]2)cc1. The van der Waals surface area contributed by atoms with Crippen LogP contribution in [0.25, 0.3) is 33.8 Å². The number of benzene rings is 2. The molecule has 2 saturated heterocycles. The van der Waals surface area contributed by atoms with Crippen molar-refractivity contribution in [3.63, 3.8) is 0 Å². The highest BCUT2D eigenvalue weighted by atomic mass is 15.0. The Morgan fingerprint density at radius 3 is 1.91 bits per heavy atom. The summed E-state index contributed by atoms with van der Waals surface area (Å²) in [6, 6.07) is 18.1. The minimum Gasteiger partial charge on any atom is -0.341 e. The summed E-state index contributed by atoms with van der Waals surface area (Å²) in [5.74, 6) is 1.98. The highest BCUT2D eigenvalue weighted by Crippen LogP contribution is 2.29. The lowest BCUT2D eigenvalue weighted by molar-refractivity contribution is 0.613. The summed E-state index contributed by atoms with van der Waals surface area (Å²) in [5.41, 5.74) is 6.92. The molecule has 2 aromatic heterocycles. The predicted octanol–water partition coefficient (Wildman–Crippen LogP) is 4.98. The van der Waals surface area contributed by atoms with Gasteiger partial charge in [0.15, 0.2) is 0 Å². The molecule has 6 heteroatoms. The molecule has 2 unspecified atom stereocenters. The first-order valence-electron chi connectivity index (χ1n) is 11.6. The van der Waals surface area contributed by atoms with Crippen molar-refractivity contribution in [2.24, 2.45) is 0 Å². The van der Waals surface area contributed by atoms with Gasteiger partial charge in [0, 0.05) is 11.6 Å². The van der Waals surface area contributed by atoms with E-state index in [1.54, 1.807) is 0 Å². The van der Waals surface area contributed by atoms with Crippen LogP contribution in [0.4, 0.5) is 0 Å². The van der Waals surface area contributed by atoms with Crippen LogP contribution in [0, 0.1) is 0 Å². The number of nitrogens with one attached hydrogen (secondary N) is 4. The summed E-state index contributed by atoms with van der Waals surface area (Å²) in [6.45, 7) is 2.17. The van der Waals surface area contributed by atoms with Crippen LogP contribution in [0.1, 0.15) is 49.3 Å². The third-order valence-corrected chi connectivity index (χ3v) is 6.70. The van der Waals surface area contributed by atoms with E-state index in [2.05, 4.69) is 79.1 Å². The minimum absolute atomic E-state index is 0.362. The molecule has 2 fully saturated rings. The average Bonchev–Trinajstić information content (AvgIpc) is 3.66. The van der Waals surface area contributed by atoms with Crippen LogP contribution < -0.4 is 10.6 Å². The van der Waals surface area contributed by atoms with Crippen LogP contribution in [-0.4, -0.2) is 33.0 Å². The number of nitrogens with zero attached hydrogens (tertiary/aromatic N) is 2. The van der Waals surface area contributed by atoms with Crippen molar-refractivity contribution in [1.82, 2.24) is 30.6 Å². The molecule has 0 amide bonds. The average molecular weight is 425 g/mol. The molecule has 0 spiro atoms. The molecular formula is C26H28N6. The molecule has 6 nitrogen and oxygen atoms in total. The Hall–Kier alpha value is -3.22. The van der Waals surface area contributed by atoms with Crippen molar-refractivity contribution >= 4 is 0 Å². The topological polar surface area (TPSA) is 81.4 Å². The van der Waals surface area contributed by atoms with E-state index >= 15 is 0 Å². The molecule has 2 aromatic carbocycles. The summed E-state index contributed by atoms with van der Waals surface area (Å²) in [6.07, 6.45) is 8.68. The van der Waals surface area contributed by atoms with Crippen molar-refractivity contribution < 1.29 is 0 Å². The van der Waals surface area contributed by atoms with Gasteiger partial charge in [0.2, 0.25) is 0 Å². The van der Waals surface area contributed by atoms with Crippen molar-refractivity contribution in [3.05, 3.63) is 72.4 Å². The molecule has 6 rings (SSSR count). The number of rotatable bonds is 5. The zero-order chi connectivity index (χ0) is 21.3. The van der Waals surface area contributed by atoms with Gasteiger partial charge in [-0.2, -0.15) is 0 Å². The lowest BCUT2D eigenvalue weighted by atomic mass is 10.0. The molecule has 4 N–H and O–H groups in total. The number of hydrogen-bond donors (Lipinski definition) is 4. The molecule has 0 aliphatic carbocycles. The monoisotopic (exact) mass is 424 g/mol. The van der Waals surface area contributed by atoms with Gasteiger partial charge in [0.25, 0.3) is 0 Å². The van der Waals surface area contributed by atoms with Crippen LogP contribution >= 0.6 is 0 Å². The van der Waals surface area contributed by atoms with Crippen LogP contribution in [0.2, 0.25) is 0 Å². The first kappa shape index (κ1) is 19.5. The van der Waals surface area contributed by atoms with E-state index in [4.69, 9.17) is 0 Å².